The molecule has 2 aliphatic rings. The molecule has 2 bridgehead atoms. The van der Waals surface area contributed by atoms with Crippen molar-refractivity contribution >= 4 is 0 Å². The summed E-state index contributed by atoms with van der Waals surface area (Å²) >= 11 is 0. The molecule has 2 atom stereocenters. The quantitative estimate of drug-likeness (QED) is 0.567. The Morgan fingerprint density at radius 2 is 2.23 bits per heavy atom. The lowest BCUT2D eigenvalue weighted by Crippen LogP contribution is -2.65. The van der Waals surface area contributed by atoms with Crippen LogP contribution in [0.2, 0.25) is 0 Å². The highest BCUT2D eigenvalue weighted by molar-refractivity contribution is 5.18. The van der Waals surface area contributed by atoms with Crippen LogP contribution in [-0.2, 0) is 0 Å². The standard InChI is InChI=1S/C9H14F2N2/c1-6-3-9(10,11)8-5-12-4-7(6)13(8)2/h7-8,12H,1,3-5H2,2H3. The molecule has 0 aliphatic carbocycles. The maximum atomic E-state index is 13.4. The van der Waals surface area contributed by atoms with E-state index in [1.807, 2.05) is 0 Å². The maximum absolute atomic E-state index is 13.4. The van der Waals surface area contributed by atoms with Crippen LogP contribution in [-0.4, -0.2) is 43.0 Å². The Balaban J connectivity index is 2.28. The lowest BCUT2D eigenvalue weighted by Gasteiger charge is -2.49. The molecule has 2 aliphatic heterocycles. The molecule has 0 aromatic heterocycles. The van der Waals surface area contributed by atoms with Gasteiger partial charge < -0.3 is 5.32 Å². The topological polar surface area (TPSA) is 15.3 Å². The van der Waals surface area contributed by atoms with E-state index in [-0.39, 0.29) is 12.5 Å². The van der Waals surface area contributed by atoms with Gasteiger partial charge in [-0.2, -0.15) is 0 Å². The predicted octanol–water partition coefficient (Wildman–Crippen LogP) is 0.854. The van der Waals surface area contributed by atoms with Gasteiger partial charge in [0.2, 0.25) is 0 Å². The molecule has 2 rings (SSSR count). The van der Waals surface area contributed by atoms with Crippen LogP contribution in [0.25, 0.3) is 0 Å². The summed E-state index contributed by atoms with van der Waals surface area (Å²) in [7, 11) is 1.76. The molecule has 2 nitrogen and oxygen atoms in total. The highest BCUT2D eigenvalue weighted by Crippen LogP contribution is 2.38. The zero-order chi connectivity index (χ0) is 9.64. The molecule has 4 heteroatoms. The summed E-state index contributed by atoms with van der Waals surface area (Å²) < 4.78 is 26.9. The molecule has 13 heavy (non-hydrogen) atoms. The van der Waals surface area contributed by atoms with Crippen LogP contribution in [0, 0.1) is 0 Å². The molecule has 0 spiro atoms. The van der Waals surface area contributed by atoms with Crippen molar-refractivity contribution in [3.05, 3.63) is 12.2 Å². The van der Waals surface area contributed by atoms with Gasteiger partial charge in [-0.3, -0.25) is 4.90 Å². The Labute approximate surface area is 76.6 Å². The number of nitrogens with zero attached hydrogens (tertiary/aromatic N) is 1. The molecule has 74 valence electrons. The van der Waals surface area contributed by atoms with E-state index < -0.39 is 12.0 Å². The van der Waals surface area contributed by atoms with Crippen molar-refractivity contribution in [3.8, 4) is 0 Å². The predicted molar refractivity (Wildman–Crippen MR) is 46.9 cm³/mol. The van der Waals surface area contributed by atoms with Crippen molar-refractivity contribution in [1.82, 2.24) is 10.2 Å². The number of rotatable bonds is 0. The van der Waals surface area contributed by atoms with Gasteiger partial charge in [0.25, 0.3) is 5.92 Å². The number of piperazine rings is 1. The third-order valence-electron chi connectivity index (χ3n) is 3.08. The van der Waals surface area contributed by atoms with Crippen LogP contribution in [0.4, 0.5) is 8.78 Å². The van der Waals surface area contributed by atoms with Gasteiger partial charge in [0.15, 0.2) is 0 Å². The summed E-state index contributed by atoms with van der Waals surface area (Å²) in [6.45, 7) is 4.85. The van der Waals surface area contributed by atoms with Crippen LogP contribution in [0.15, 0.2) is 12.2 Å². The molecule has 2 heterocycles. The number of piperidine rings is 1. The van der Waals surface area contributed by atoms with E-state index in [0.29, 0.717) is 12.1 Å². The molecule has 1 N–H and O–H groups in total. The van der Waals surface area contributed by atoms with E-state index in [0.717, 1.165) is 6.54 Å². The number of fused-ring (bicyclic) bond motifs is 2. The first-order valence-electron chi connectivity index (χ1n) is 4.50. The fourth-order valence-corrected chi connectivity index (χ4v) is 2.28. The van der Waals surface area contributed by atoms with Crippen LogP contribution in [0.5, 0.6) is 0 Å². The largest absolute Gasteiger partial charge is 0.313 e. The molecule has 2 saturated heterocycles. The number of alkyl halides is 2. The van der Waals surface area contributed by atoms with E-state index in [4.69, 9.17) is 0 Å². The highest BCUT2D eigenvalue weighted by Gasteiger charge is 2.50. The summed E-state index contributed by atoms with van der Waals surface area (Å²) in [4.78, 5) is 1.75. The van der Waals surface area contributed by atoms with Crippen molar-refractivity contribution < 1.29 is 8.78 Å². The normalized spacial score (nSPS) is 39.2. The Hall–Kier alpha value is -0.480. The minimum Gasteiger partial charge on any atom is -0.313 e. The zero-order valence-electron chi connectivity index (χ0n) is 7.69. The van der Waals surface area contributed by atoms with Crippen LogP contribution < -0.4 is 5.32 Å². The number of hydrogen-bond acceptors (Lipinski definition) is 2. The summed E-state index contributed by atoms with van der Waals surface area (Å²) in [6, 6.07) is -0.560. The minimum absolute atomic E-state index is 0.0957. The van der Waals surface area contributed by atoms with Crippen LogP contribution in [0.3, 0.4) is 0 Å². The number of halogens is 2. The fourth-order valence-electron chi connectivity index (χ4n) is 2.28. The van der Waals surface area contributed by atoms with Gasteiger partial charge >= 0.3 is 0 Å². The smallest absolute Gasteiger partial charge is 0.268 e. The molecular weight excluding hydrogens is 174 g/mol. The second-order valence-electron chi connectivity index (χ2n) is 3.95. The number of nitrogens with one attached hydrogen (secondary N) is 1. The van der Waals surface area contributed by atoms with Crippen LogP contribution in [0.1, 0.15) is 6.42 Å². The van der Waals surface area contributed by atoms with Gasteiger partial charge in [-0.25, -0.2) is 8.78 Å². The third kappa shape index (κ3) is 1.28. The average molecular weight is 188 g/mol. The summed E-state index contributed by atoms with van der Waals surface area (Å²) in [5, 5.41) is 3.02. The molecule has 2 unspecified atom stereocenters. The van der Waals surface area contributed by atoms with Gasteiger partial charge in [0, 0.05) is 25.6 Å². The third-order valence-corrected chi connectivity index (χ3v) is 3.08. The van der Waals surface area contributed by atoms with Gasteiger partial charge in [0.05, 0.1) is 6.04 Å². The SMILES string of the molecule is C=C1CC(F)(F)C2CNCC1N2C. The lowest BCUT2D eigenvalue weighted by atomic mass is 9.86. The van der Waals surface area contributed by atoms with Crippen molar-refractivity contribution in [2.24, 2.45) is 0 Å². The molecule has 0 amide bonds. The second-order valence-corrected chi connectivity index (χ2v) is 3.95. The van der Waals surface area contributed by atoms with Crippen LogP contribution >= 0.6 is 0 Å². The molecular formula is C9H14F2N2. The Morgan fingerprint density at radius 3 is 2.92 bits per heavy atom. The lowest BCUT2D eigenvalue weighted by molar-refractivity contribution is -0.111. The summed E-state index contributed by atoms with van der Waals surface area (Å²) in [5.41, 5.74) is 0.649. The molecule has 2 fully saturated rings. The number of likely N-dealkylation sites (N-methyl/N-ethyl adjacent to an activating group) is 1. The average Bonchev–Trinajstić information content (AvgIpc) is 2.00. The van der Waals surface area contributed by atoms with E-state index in [2.05, 4.69) is 11.9 Å². The highest BCUT2D eigenvalue weighted by atomic mass is 19.3. The first kappa shape index (κ1) is 9.09. The zero-order valence-corrected chi connectivity index (χ0v) is 7.69. The van der Waals surface area contributed by atoms with E-state index in [9.17, 15) is 8.78 Å². The van der Waals surface area contributed by atoms with E-state index in [1.54, 1.807) is 11.9 Å². The Kier molecular flexibility index (Phi) is 1.92. The molecule has 0 radical (unpaired) electrons. The first-order chi connectivity index (χ1) is 6.02. The summed E-state index contributed by atoms with van der Waals surface area (Å²) in [5.74, 6) is -2.62. The first-order valence-corrected chi connectivity index (χ1v) is 4.50. The van der Waals surface area contributed by atoms with Crippen molar-refractivity contribution in [3.63, 3.8) is 0 Å². The number of hydrogen-bond donors (Lipinski definition) is 1. The van der Waals surface area contributed by atoms with Gasteiger partial charge in [-0.05, 0) is 7.05 Å². The van der Waals surface area contributed by atoms with Crippen molar-refractivity contribution in [2.75, 3.05) is 20.1 Å². The minimum atomic E-state index is -2.62. The van der Waals surface area contributed by atoms with E-state index >= 15 is 0 Å². The van der Waals surface area contributed by atoms with Crippen molar-refractivity contribution in [2.45, 2.75) is 24.4 Å². The molecule has 0 saturated carbocycles. The Bertz CT molecular complexity index is 240. The summed E-state index contributed by atoms with van der Waals surface area (Å²) in [6.07, 6.45) is -0.144. The Morgan fingerprint density at radius 1 is 1.54 bits per heavy atom. The monoisotopic (exact) mass is 188 g/mol. The second kappa shape index (κ2) is 2.75. The van der Waals surface area contributed by atoms with Gasteiger partial charge in [-0.1, -0.05) is 12.2 Å². The molecule has 0 aromatic carbocycles. The maximum Gasteiger partial charge on any atom is 0.268 e. The van der Waals surface area contributed by atoms with Gasteiger partial charge in [0.1, 0.15) is 0 Å². The van der Waals surface area contributed by atoms with Crippen molar-refractivity contribution in [1.29, 1.82) is 0 Å². The van der Waals surface area contributed by atoms with E-state index in [1.165, 1.54) is 0 Å². The molecule has 0 aromatic rings. The van der Waals surface area contributed by atoms with Gasteiger partial charge in [-0.15, -0.1) is 0 Å². The fraction of sp³-hybridized carbons (Fsp3) is 0.778.